The fourth-order valence-electron chi connectivity index (χ4n) is 2.17. The summed E-state index contributed by atoms with van der Waals surface area (Å²) >= 11 is 0. The Hall–Kier alpha value is -2.10. The molecule has 4 heteroatoms. The van der Waals surface area contributed by atoms with E-state index >= 15 is 0 Å². The quantitative estimate of drug-likeness (QED) is 0.835. The Kier molecular flexibility index (Phi) is 4.00. The van der Waals surface area contributed by atoms with Crippen LogP contribution in [0.5, 0.6) is 0 Å². The Labute approximate surface area is 113 Å². The molecule has 2 rings (SSSR count). The number of nitrogens with zero attached hydrogens (tertiary/aromatic N) is 1. The molecule has 0 spiro atoms. The summed E-state index contributed by atoms with van der Waals surface area (Å²) in [7, 11) is 0. The predicted molar refractivity (Wildman–Crippen MR) is 74.8 cm³/mol. The van der Waals surface area contributed by atoms with Gasteiger partial charge in [0.15, 0.2) is 0 Å². The van der Waals surface area contributed by atoms with Gasteiger partial charge in [0.2, 0.25) is 11.8 Å². The second-order valence-corrected chi connectivity index (χ2v) is 4.77. The van der Waals surface area contributed by atoms with Crippen molar-refractivity contribution in [3.05, 3.63) is 42.5 Å². The highest BCUT2D eigenvalue weighted by Gasteiger charge is 2.34. The normalized spacial score (nSPS) is 18.5. The zero-order chi connectivity index (χ0) is 13.8. The lowest BCUT2D eigenvalue weighted by Gasteiger charge is -2.16. The molecule has 1 heterocycles. The van der Waals surface area contributed by atoms with Gasteiger partial charge in [-0.3, -0.25) is 9.59 Å². The minimum Gasteiger partial charge on any atom is -0.352 e. The van der Waals surface area contributed by atoms with Crippen LogP contribution in [0.25, 0.3) is 0 Å². The number of hydrogen-bond acceptors (Lipinski definition) is 2. The third-order valence-electron chi connectivity index (χ3n) is 3.26. The molecule has 0 unspecified atom stereocenters. The molecule has 1 atom stereocenters. The van der Waals surface area contributed by atoms with Gasteiger partial charge >= 0.3 is 0 Å². The van der Waals surface area contributed by atoms with E-state index in [9.17, 15) is 9.59 Å². The van der Waals surface area contributed by atoms with E-state index in [0.29, 0.717) is 13.1 Å². The van der Waals surface area contributed by atoms with Crippen LogP contribution in [0.15, 0.2) is 36.9 Å². The Morgan fingerprint density at radius 2 is 2.16 bits per heavy atom. The number of amides is 2. The molecule has 1 aromatic rings. The maximum atomic E-state index is 12.0. The molecule has 0 saturated carbocycles. The Bertz CT molecular complexity index is 493. The van der Waals surface area contributed by atoms with Gasteiger partial charge in [0.25, 0.3) is 0 Å². The summed E-state index contributed by atoms with van der Waals surface area (Å²) in [5, 5.41) is 2.74. The van der Waals surface area contributed by atoms with Crippen LogP contribution in [0.4, 0.5) is 5.69 Å². The Morgan fingerprint density at radius 3 is 2.79 bits per heavy atom. The van der Waals surface area contributed by atoms with E-state index in [-0.39, 0.29) is 24.2 Å². The van der Waals surface area contributed by atoms with Gasteiger partial charge in [0.1, 0.15) is 0 Å². The van der Waals surface area contributed by atoms with Crippen molar-refractivity contribution in [1.29, 1.82) is 0 Å². The monoisotopic (exact) mass is 258 g/mol. The van der Waals surface area contributed by atoms with Crippen LogP contribution in [0.1, 0.15) is 12.0 Å². The van der Waals surface area contributed by atoms with Gasteiger partial charge in [0, 0.05) is 25.2 Å². The molecule has 1 N–H and O–H groups in total. The van der Waals surface area contributed by atoms with Crippen LogP contribution < -0.4 is 10.2 Å². The number of nitrogens with one attached hydrogen (secondary N) is 1. The number of benzene rings is 1. The lowest BCUT2D eigenvalue weighted by atomic mass is 10.1. The number of carbonyl (C=O) groups excluding carboxylic acids is 2. The van der Waals surface area contributed by atoms with Gasteiger partial charge in [-0.1, -0.05) is 23.8 Å². The van der Waals surface area contributed by atoms with Crippen LogP contribution >= 0.6 is 0 Å². The lowest BCUT2D eigenvalue weighted by Crippen LogP contribution is -2.32. The fourth-order valence-corrected chi connectivity index (χ4v) is 2.17. The van der Waals surface area contributed by atoms with Crippen LogP contribution in [0.3, 0.4) is 0 Å². The molecular formula is C15H18N2O2. The van der Waals surface area contributed by atoms with Gasteiger partial charge in [0.05, 0.1) is 5.92 Å². The highest BCUT2D eigenvalue weighted by atomic mass is 16.2. The number of rotatable bonds is 4. The average Bonchev–Trinajstić information content (AvgIpc) is 2.79. The average molecular weight is 258 g/mol. The Morgan fingerprint density at radius 1 is 1.47 bits per heavy atom. The summed E-state index contributed by atoms with van der Waals surface area (Å²) in [6.07, 6.45) is 1.91. The number of aryl methyl sites for hydroxylation is 1. The van der Waals surface area contributed by atoms with E-state index in [4.69, 9.17) is 0 Å². The number of hydrogen-bond donors (Lipinski definition) is 1. The molecule has 2 amide bonds. The molecule has 1 fully saturated rings. The standard InChI is InChI=1S/C15H18N2O2/c1-3-8-16-15(19)12-9-14(18)17(10-12)13-6-4-11(2)5-7-13/h3-7,12H,1,8-10H2,2H3,(H,16,19)/t12-/m1/s1. The van der Waals surface area contributed by atoms with Crippen molar-refractivity contribution in [3.63, 3.8) is 0 Å². The second-order valence-electron chi connectivity index (χ2n) is 4.77. The molecule has 19 heavy (non-hydrogen) atoms. The third kappa shape index (κ3) is 3.02. The minimum atomic E-state index is -0.270. The van der Waals surface area contributed by atoms with Crippen molar-refractivity contribution in [3.8, 4) is 0 Å². The number of anilines is 1. The fraction of sp³-hybridized carbons (Fsp3) is 0.333. The maximum Gasteiger partial charge on any atom is 0.227 e. The van der Waals surface area contributed by atoms with E-state index in [1.807, 2.05) is 31.2 Å². The molecule has 0 bridgehead atoms. The van der Waals surface area contributed by atoms with Crippen molar-refractivity contribution < 1.29 is 9.59 Å². The van der Waals surface area contributed by atoms with E-state index in [1.54, 1.807) is 11.0 Å². The van der Waals surface area contributed by atoms with E-state index in [0.717, 1.165) is 11.3 Å². The van der Waals surface area contributed by atoms with Gasteiger partial charge in [-0.2, -0.15) is 0 Å². The molecule has 1 aromatic carbocycles. The third-order valence-corrected chi connectivity index (χ3v) is 3.26. The van der Waals surface area contributed by atoms with Gasteiger partial charge in [-0.15, -0.1) is 6.58 Å². The molecule has 1 aliphatic heterocycles. The van der Waals surface area contributed by atoms with Gasteiger partial charge in [-0.05, 0) is 19.1 Å². The van der Waals surface area contributed by atoms with Crippen LogP contribution in [-0.2, 0) is 9.59 Å². The summed E-state index contributed by atoms with van der Waals surface area (Å²) in [4.78, 5) is 25.5. The van der Waals surface area contributed by atoms with Crippen molar-refractivity contribution >= 4 is 17.5 Å². The molecular weight excluding hydrogens is 240 g/mol. The SMILES string of the molecule is C=CCNC(=O)[C@@H]1CC(=O)N(c2ccc(C)cc2)C1. The van der Waals surface area contributed by atoms with Gasteiger partial charge in [-0.25, -0.2) is 0 Å². The topological polar surface area (TPSA) is 49.4 Å². The molecule has 0 radical (unpaired) electrons. The van der Waals surface area contributed by atoms with Crippen molar-refractivity contribution in [2.24, 2.45) is 5.92 Å². The second kappa shape index (κ2) is 5.69. The molecule has 1 aliphatic rings. The first kappa shape index (κ1) is 13.3. The van der Waals surface area contributed by atoms with Crippen molar-refractivity contribution in [2.75, 3.05) is 18.0 Å². The first-order valence-corrected chi connectivity index (χ1v) is 6.37. The highest BCUT2D eigenvalue weighted by Crippen LogP contribution is 2.25. The summed E-state index contributed by atoms with van der Waals surface area (Å²) in [5.41, 5.74) is 2.00. The Balaban J connectivity index is 2.05. The summed E-state index contributed by atoms with van der Waals surface area (Å²) < 4.78 is 0. The molecule has 0 aromatic heterocycles. The highest BCUT2D eigenvalue weighted by molar-refractivity contribution is 6.00. The largest absolute Gasteiger partial charge is 0.352 e. The summed E-state index contributed by atoms with van der Waals surface area (Å²) in [6.45, 7) is 6.44. The van der Waals surface area contributed by atoms with E-state index < -0.39 is 0 Å². The molecule has 0 aliphatic carbocycles. The summed E-state index contributed by atoms with van der Waals surface area (Å²) in [6, 6.07) is 7.76. The zero-order valence-electron chi connectivity index (χ0n) is 11.1. The zero-order valence-corrected chi connectivity index (χ0v) is 11.1. The van der Waals surface area contributed by atoms with Crippen LogP contribution in [0.2, 0.25) is 0 Å². The molecule has 4 nitrogen and oxygen atoms in total. The minimum absolute atomic E-state index is 0.00241. The van der Waals surface area contributed by atoms with E-state index in [2.05, 4.69) is 11.9 Å². The summed E-state index contributed by atoms with van der Waals surface area (Å²) in [5.74, 6) is -0.348. The van der Waals surface area contributed by atoms with Crippen LogP contribution in [0, 0.1) is 12.8 Å². The smallest absolute Gasteiger partial charge is 0.227 e. The molecule has 100 valence electrons. The van der Waals surface area contributed by atoms with Crippen molar-refractivity contribution in [1.82, 2.24) is 5.32 Å². The predicted octanol–water partition coefficient (Wildman–Crippen LogP) is 1.65. The maximum absolute atomic E-state index is 12.0. The van der Waals surface area contributed by atoms with Crippen LogP contribution in [-0.4, -0.2) is 24.9 Å². The number of carbonyl (C=O) groups is 2. The van der Waals surface area contributed by atoms with E-state index in [1.165, 1.54) is 0 Å². The first-order valence-electron chi connectivity index (χ1n) is 6.37. The molecule has 1 saturated heterocycles. The first-order chi connectivity index (χ1) is 9.11. The van der Waals surface area contributed by atoms with Crippen molar-refractivity contribution in [2.45, 2.75) is 13.3 Å². The lowest BCUT2D eigenvalue weighted by molar-refractivity contribution is -0.126. The van der Waals surface area contributed by atoms with Gasteiger partial charge < -0.3 is 10.2 Å².